The molecule has 298 valence electrons. The molecule has 6 heterocycles. The van der Waals surface area contributed by atoms with Gasteiger partial charge < -0.3 is 15.0 Å². The Bertz CT molecular complexity index is 2410. The normalized spacial score (nSPS) is 21.3. The van der Waals surface area contributed by atoms with Gasteiger partial charge in [0.25, 0.3) is 5.91 Å². The third kappa shape index (κ3) is 7.37. The minimum absolute atomic E-state index is 0.0435. The maximum absolute atomic E-state index is 13.1. The number of nitrogens with zero attached hydrogens (tertiary/aromatic N) is 9. The van der Waals surface area contributed by atoms with Crippen LogP contribution < -0.4 is 15.0 Å². The molecule has 0 bridgehead atoms. The molecule has 58 heavy (non-hydrogen) atoms. The fraction of sp³-hybridized carbons (Fsp3) is 0.455. The number of ether oxygens (including phenoxy) is 1. The lowest BCUT2D eigenvalue weighted by atomic mass is 9.56. The van der Waals surface area contributed by atoms with Crippen LogP contribution in [0.1, 0.15) is 119 Å². The summed E-state index contributed by atoms with van der Waals surface area (Å²) in [6.45, 7) is 10.3. The smallest absolute Gasteiger partial charge is 0.254 e. The van der Waals surface area contributed by atoms with Gasteiger partial charge in [0.05, 0.1) is 33.7 Å². The highest BCUT2D eigenvalue weighted by Crippen LogP contribution is 2.53. The van der Waals surface area contributed by atoms with Crippen molar-refractivity contribution in [3.05, 3.63) is 104 Å². The summed E-state index contributed by atoms with van der Waals surface area (Å²) in [7, 11) is 0. The number of nitriles is 1. The van der Waals surface area contributed by atoms with Crippen LogP contribution in [0.3, 0.4) is 0 Å². The van der Waals surface area contributed by atoms with Gasteiger partial charge in [-0.05, 0) is 126 Å². The second kappa shape index (κ2) is 15.5. The van der Waals surface area contributed by atoms with E-state index in [9.17, 15) is 4.79 Å². The average molecular weight is 815 g/mol. The summed E-state index contributed by atoms with van der Waals surface area (Å²) >= 11 is 7.93. The quantitative estimate of drug-likeness (QED) is 0.164. The van der Waals surface area contributed by atoms with Crippen molar-refractivity contribution in [1.29, 1.82) is 5.26 Å². The highest BCUT2D eigenvalue weighted by Gasteiger charge is 2.46. The van der Waals surface area contributed by atoms with E-state index in [1.807, 2.05) is 6.92 Å². The summed E-state index contributed by atoms with van der Waals surface area (Å²) in [6, 6.07) is 11.5. The number of thiophene rings is 1. The molecule has 1 aromatic carbocycles. The molecule has 14 heteroatoms. The number of halogens is 1. The molecular weight excluding hydrogens is 768 g/mol. The Morgan fingerprint density at radius 3 is 2.47 bits per heavy atom. The number of benzene rings is 1. The van der Waals surface area contributed by atoms with E-state index in [1.165, 1.54) is 28.8 Å². The summed E-state index contributed by atoms with van der Waals surface area (Å²) < 4.78 is 8.27. The number of carbonyl (C=O) groups is 1. The van der Waals surface area contributed by atoms with E-state index >= 15 is 0 Å². The Hall–Kier alpha value is -5.19. The number of carbonyl (C=O) groups excluding carboxylic acids is 1. The van der Waals surface area contributed by atoms with Crippen molar-refractivity contribution in [2.24, 2.45) is 16.3 Å². The van der Waals surface area contributed by atoms with E-state index in [2.05, 4.69) is 80.1 Å². The first-order valence-corrected chi connectivity index (χ1v) is 21.6. The lowest BCUT2D eigenvalue weighted by Crippen LogP contribution is -2.48. The fourth-order valence-corrected chi connectivity index (χ4v) is 10.8. The molecule has 2 aliphatic carbocycles. The Kier molecular flexibility index (Phi) is 10.3. The second-order valence-electron chi connectivity index (χ2n) is 16.7. The van der Waals surface area contributed by atoms with Crippen molar-refractivity contribution in [3.8, 4) is 16.8 Å². The first kappa shape index (κ1) is 38.3. The van der Waals surface area contributed by atoms with Gasteiger partial charge in [-0.15, -0.1) is 21.5 Å². The number of aliphatic imine (C=N–C) groups is 1. The maximum atomic E-state index is 13.1. The number of pyridine rings is 1. The van der Waals surface area contributed by atoms with Crippen LogP contribution in [0, 0.1) is 43.4 Å². The minimum atomic E-state index is -0.145. The van der Waals surface area contributed by atoms with E-state index in [0.717, 1.165) is 91.7 Å². The zero-order chi connectivity index (χ0) is 40.1. The number of piperidine rings is 1. The van der Waals surface area contributed by atoms with Crippen LogP contribution in [0.4, 0.5) is 5.95 Å². The van der Waals surface area contributed by atoms with Gasteiger partial charge in [-0.25, -0.2) is 9.97 Å². The van der Waals surface area contributed by atoms with Gasteiger partial charge in [-0.2, -0.15) is 5.26 Å². The van der Waals surface area contributed by atoms with Crippen molar-refractivity contribution in [2.45, 2.75) is 104 Å². The summed E-state index contributed by atoms with van der Waals surface area (Å²) in [4.78, 5) is 36.0. The maximum Gasteiger partial charge on any atom is 0.254 e. The van der Waals surface area contributed by atoms with Crippen molar-refractivity contribution in [3.63, 3.8) is 0 Å². The number of aromatic nitrogens is 6. The van der Waals surface area contributed by atoms with Crippen LogP contribution in [0.25, 0.3) is 5.00 Å². The molecule has 4 aromatic heterocycles. The molecule has 1 saturated heterocycles. The van der Waals surface area contributed by atoms with E-state index < -0.39 is 0 Å². The number of rotatable bonds is 8. The van der Waals surface area contributed by atoms with Crippen molar-refractivity contribution in [1.82, 2.24) is 35.0 Å². The van der Waals surface area contributed by atoms with Crippen LogP contribution in [0.5, 0.6) is 5.75 Å². The molecule has 1 spiro atoms. The number of hydrogen-bond acceptors (Lipinski definition) is 11. The first-order valence-electron chi connectivity index (χ1n) is 20.4. The molecule has 4 aliphatic rings. The molecule has 0 unspecified atom stereocenters. The number of fused-ring (bicyclic) bond motifs is 3. The SMILES string of the molecule is Cc1sc2c(c1C)C(c1ccc(CC3CC4(CCN(c5ncc(C(=O)N[C@H]6CC[C@H](Oc7ccc(C#N)c(Cl)c7)CC6)cn5)CC4)C3)cn1)=N[C@@H](C)c1nnc(C)n1-2. The van der Waals surface area contributed by atoms with Crippen LogP contribution in [0.15, 0.2) is 53.9 Å². The molecule has 2 aliphatic heterocycles. The predicted molar refractivity (Wildman–Crippen MR) is 224 cm³/mol. The number of nitrogens with one attached hydrogen (secondary N) is 1. The lowest BCUT2D eigenvalue weighted by Gasteiger charge is -2.52. The number of anilines is 1. The summed E-state index contributed by atoms with van der Waals surface area (Å²) in [6.07, 6.45) is 14.4. The third-order valence-corrected chi connectivity index (χ3v) is 14.3. The number of hydrogen-bond donors (Lipinski definition) is 1. The van der Waals surface area contributed by atoms with Gasteiger partial charge >= 0.3 is 0 Å². The zero-order valence-electron chi connectivity index (χ0n) is 33.3. The summed E-state index contributed by atoms with van der Waals surface area (Å²) in [5, 5.41) is 22.6. The van der Waals surface area contributed by atoms with Gasteiger partial charge in [0.2, 0.25) is 5.95 Å². The largest absolute Gasteiger partial charge is 0.490 e. The Balaban J connectivity index is 0.738. The number of aryl methyl sites for hydroxylation is 2. The highest BCUT2D eigenvalue weighted by molar-refractivity contribution is 7.15. The van der Waals surface area contributed by atoms with Crippen LogP contribution in [-0.2, 0) is 6.42 Å². The van der Waals surface area contributed by atoms with E-state index in [0.29, 0.717) is 39.2 Å². The highest BCUT2D eigenvalue weighted by atomic mass is 35.5. The molecule has 1 amide bonds. The summed E-state index contributed by atoms with van der Waals surface area (Å²) in [5.74, 6) is 3.62. The summed E-state index contributed by atoms with van der Waals surface area (Å²) in [5.41, 5.74) is 6.79. The Morgan fingerprint density at radius 1 is 1.02 bits per heavy atom. The minimum Gasteiger partial charge on any atom is -0.490 e. The predicted octanol–water partition coefficient (Wildman–Crippen LogP) is 8.24. The molecular formula is C44H47ClN10O2S. The molecule has 1 N–H and O–H groups in total. The molecule has 3 fully saturated rings. The van der Waals surface area contributed by atoms with Gasteiger partial charge in [0, 0.05) is 54.2 Å². The van der Waals surface area contributed by atoms with Gasteiger partial charge in [-0.3, -0.25) is 19.3 Å². The zero-order valence-corrected chi connectivity index (χ0v) is 34.9. The lowest BCUT2D eigenvalue weighted by molar-refractivity contribution is 0.0280. The van der Waals surface area contributed by atoms with Crippen molar-refractivity contribution < 1.29 is 9.53 Å². The van der Waals surface area contributed by atoms with Crippen LogP contribution in [-0.4, -0.2) is 66.6 Å². The molecule has 5 aromatic rings. The molecule has 0 radical (unpaired) electrons. The standard InChI is InChI=1S/C44H47ClN10O2S/c1-25-27(3)58-42-38(25)39(50-26(2)40-53-52-28(4)55(40)42)37-12-5-29(22-47-37)17-30-19-44(20-30)13-15-54(16-14-44)43-48-23-32(24-49-43)41(56)51-33-7-10-34(11-8-33)57-35-9-6-31(21-46)36(45)18-35/h5-6,9,12,18,22-24,26,30,33-34H,7-8,10-11,13-17,19-20H2,1-4H3,(H,51,56)/t26-,33-,34-/m0/s1. The van der Waals surface area contributed by atoms with E-state index in [4.69, 9.17) is 31.6 Å². The molecule has 2 saturated carbocycles. The molecule has 1 atom stereocenters. The van der Waals surface area contributed by atoms with Gasteiger partial charge in [0.1, 0.15) is 28.7 Å². The van der Waals surface area contributed by atoms with E-state index in [-0.39, 0.29) is 24.1 Å². The number of amides is 1. The van der Waals surface area contributed by atoms with Crippen molar-refractivity contribution >= 4 is 40.5 Å². The monoisotopic (exact) mass is 814 g/mol. The average Bonchev–Trinajstić information content (AvgIpc) is 3.71. The topological polar surface area (TPSA) is 147 Å². The van der Waals surface area contributed by atoms with Gasteiger partial charge in [-0.1, -0.05) is 17.7 Å². The van der Waals surface area contributed by atoms with E-state index in [1.54, 1.807) is 41.9 Å². The van der Waals surface area contributed by atoms with Crippen molar-refractivity contribution in [2.75, 3.05) is 18.0 Å². The third-order valence-electron chi connectivity index (χ3n) is 12.8. The Labute approximate surface area is 347 Å². The molecule has 12 nitrogen and oxygen atoms in total. The van der Waals surface area contributed by atoms with Gasteiger partial charge in [0.15, 0.2) is 5.82 Å². The fourth-order valence-electron chi connectivity index (χ4n) is 9.42. The first-order chi connectivity index (χ1) is 28.1. The Morgan fingerprint density at radius 2 is 1.78 bits per heavy atom. The van der Waals surface area contributed by atoms with Crippen LogP contribution in [0.2, 0.25) is 5.02 Å². The second-order valence-corrected chi connectivity index (χ2v) is 18.3. The van der Waals surface area contributed by atoms with Crippen LogP contribution >= 0.6 is 22.9 Å². The molecule has 9 rings (SSSR count).